The van der Waals surface area contributed by atoms with Crippen LogP contribution in [0, 0.1) is 0 Å². The second-order valence-corrected chi connectivity index (χ2v) is 4.13. The average Bonchev–Trinajstić information content (AvgIpc) is 2.91. The second-order valence-electron chi connectivity index (χ2n) is 4.13. The van der Waals surface area contributed by atoms with Gasteiger partial charge >= 0.3 is 0 Å². The number of hydrogen-bond donors (Lipinski definition) is 0. The molecule has 3 heteroatoms. The van der Waals surface area contributed by atoms with Crippen LogP contribution in [0.15, 0.2) is 47.9 Å². The number of benzene rings is 1. The Kier molecular flexibility index (Phi) is 6.57. The van der Waals surface area contributed by atoms with Gasteiger partial charge in [-0.3, -0.25) is 0 Å². The highest BCUT2D eigenvalue weighted by molar-refractivity contribution is 5.75. The minimum absolute atomic E-state index is 0.623. The van der Waals surface area contributed by atoms with E-state index in [0.29, 0.717) is 19.1 Å². The molecule has 2 aromatic rings. The van der Waals surface area contributed by atoms with E-state index in [4.69, 9.17) is 4.42 Å². The maximum Gasteiger partial charge on any atom is 0.298 e. The highest BCUT2D eigenvalue weighted by Crippen LogP contribution is 2.23. The summed E-state index contributed by atoms with van der Waals surface area (Å²) in [6.07, 6.45) is 4.66. The Labute approximate surface area is 121 Å². The summed E-state index contributed by atoms with van der Waals surface area (Å²) in [5.41, 5.74) is 2.99. The van der Waals surface area contributed by atoms with E-state index in [-0.39, 0.29) is 0 Å². The zero-order valence-electron chi connectivity index (χ0n) is 12.7. The molecule has 0 aliphatic carbocycles. The Balaban J connectivity index is 0.000000956. The van der Waals surface area contributed by atoms with Crippen molar-refractivity contribution in [3.8, 4) is 0 Å². The molecule has 0 amide bonds. The lowest BCUT2D eigenvalue weighted by Crippen LogP contribution is -2.23. The van der Waals surface area contributed by atoms with E-state index in [0.717, 1.165) is 17.5 Å². The molecular formula is C17H24N2O. The molecule has 0 spiro atoms. The number of nitrogens with zero attached hydrogens (tertiary/aromatic N) is 2. The fourth-order valence-electron chi connectivity index (χ4n) is 1.86. The number of rotatable bonds is 6. The molecule has 0 N–H and O–H groups in total. The van der Waals surface area contributed by atoms with Crippen LogP contribution in [0.25, 0.3) is 11.1 Å². The van der Waals surface area contributed by atoms with Gasteiger partial charge in [-0.1, -0.05) is 39.0 Å². The molecular weight excluding hydrogens is 248 g/mol. The van der Waals surface area contributed by atoms with Gasteiger partial charge in [0.1, 0.15) is 5.52 Å². The number of oxazole rings is 1. The van der Waals surface area contributed by atoms with E-state index in [2.05, 4.69) is 37.2 Å². The lowest BCUT2D eigenvalue weighted by molar-refractivity contribution is 0.584. The second kappa shape index (κ2) is 8.20. The van der Waals surface area contributed by atoms with Gasteiger partial charge in [0, 0.05) is 13.1 Å². The van der Waals surface area contributed by atoms with Crippen LogP contribution in [0.1, 0.15) is 26.3 Å². The minimum Gasteiger partial charge on any atom is -0.423 e. The van der Waals surface area contributed by atoms with Crippen molar-refractivity contribution >= 4 is 17.1 Å². The molecule has 20 heavy (non-hydrogen) atoms. The van der Waals surface area contributed by atoms with Crippen molar-refractivity contribution in [2.45, 2.75) is 27.2 Å². The van der Waals surface area contributed by atoms with Crippen molar-refractivity contribution in [2.24, 2.45) is 0 Å². The molecule has 0 fully saturated rings. The van der Waals surface area contributed by atoms with Crippen LogP contribution in [0.2, 0.25) is 0 Å². The fraction of sp³-hybridized carbons (Fsp3) is 0.353. The number of aromatic nitrogens is 1. The molecule has 0 unspecified atom stereocenters. The normalized spacial score (nSPS) is 9.75. The molecule has 0 atom stereocenters. The number of fused-ring (bicyclic) bond motifs is 1. The van der Waals surface area contributed by atoms with Crippen LogP contribution in [0.3, 0.4) is 0 Å². The summed E-state index contributed by atoms with van der Waals surface area (Å²) in [5, 5.41) is 0. The molecule has 0 aliphatic rings. The topological polar surface area (TPSA) is 29.3 Å². The zero-order chi connectivity index (χ0) is 15.0. The summed E-state index contributed by atoms with van der Waals surface area (Å²) < 4.78 is 5.75. The summed E-state index contributed by atoms with van der Waals surface area (Å²) in [4.78, 5) is 6.51. The molecule has 0 aliphatic heterocycles. The Morgan fingerprint density at radius 3 is 2.40 bits per heavy atom. The van der Waals surface area contributed by atoms with Gasteiger partial charge in [-0.15, -0.1) is 13.2 Å². The van der Waals surface area contributed by atoms with Crippen LogP contribution in [0.5, 0.6) is 0 Å². The summed E-state index contributed by atoms with van der Waals surface area (Å²) in [6, 6.07) is 6.74. The smallest absolute Gasteiger partial charge is 0.298 e. The largest absolute Gasteiger partial charge is 0.423 e. The van der Waals surface area contributed by atoms with Crippen molar-refractivity contribution < 1.29 is 4.42 Å². The quantitative estimate of drug-likeness (QED) is 0.720. The van der Waals surface area contributed by atoms with Crippen molar-refractivity contribution in [1.29, 1.82) is 0 Å². The Bertz CT molecular complexity index is 547. The lowest BCUT2D eigenvalue weighted by Gasteiger charge is -2.15. The van der Waals surface area contributed by atoms with Crippen LogP contribution in [-0.2, 0) is 6.42 Å². The number of anilines is 1. The van der Waals surface area contributed by atoms with E-state index in [1.165, 1.54) is 5.56 Å². The van der Waals surface area contributed by atoms with Gasteiger partial charge in [-0.25, -0.2) is 0 Å². The maximum absolute atomic E-state index is 5.75. The van der Waals surface area contributed by atoms with E-state index in [9.17, 15) is 0 Å². The molecule has 0 saturated carbocycles. The third-order valence-corrected chi connectivity index (χ3v) is 2.82. The first-order valence-corrected chi connectivity index (χ1v) is 7.14. The van der Waals surface area contributed by atoms with E-state index in [1.54, 1.807) is 0 Å². The summed E-state index contributed by atoms with van der Waals surface area (Å²) >= 11 is 0. The minimum atomic E-state index is 0.623. The summed E-state index contributed by atoms with van der Waals surface area (Å²) in [5.74, 6) is 0. The van der Waals surface area contributed by atoms with Crippen molar-refractivity contribution in [3.05, 3.63) is 49.1 Å². The standard InChI is InChI=1S/C15H18N2O.C2H6/c1-4-9-17(10-5-2)15-16-13-11-12(6-3)7-8-14(13)18-15;1-2/h4-5,7-8,11H,1-2,6,9-10H2,3H3;1-2H3. The number of aryl methyl sites for hydroxylation is 1. The van der Waals surface area contributed by atoms with Crippen LogP contribution >= 0.6 is 0 Å². The molecule has 108 valence electrons. The summed E-state index contributed by atoms with van der Waals surface area (Å²) in [7, 11) is 0. The van der Waals surface area contributed by atoms with Crippen LogP contribution < -0.4 is 4.90 Å². The third-order valence-electron chi connectivity index (χ3n) is 2.82. The molecule has 2 rings (SSSR count). The van der Waals surface area contributed by atoms with Gasteiger partial charge in [0.05, 0.1) is 0 Å². The Hall–Kier alpha value is -2.03. The van der Waals surface area contributed by atoms with Gasteiger partial charge in [-0.2, -0.15) is 4.98 Å². The van der Waals surface area contributed by atoms with Gasteiger partial charge < -0.3 is 9.32 Å². The van der Waals surface area contributed by atoms with Crippen molar-refractivity contribution in [1.82, 2.24) is 4.98 Å². The van der Waals surface area contributed by atoms with E-state index in [1.807, 2.05) is 37.0 Å². The van der Waals surface area contributed by atoms with Gasteiger partial charge in [0.15, 0.2) is 5.58 Å². The molecule has 1 aromatic heterocycles. The molecule has 1 heterocycles. The SMILES string of the molecule is C=CCN(CC=C)c1nc2cc(CC)ccc2o1.CC. The van der Waals surface area contributed by atoms with E-state index < -0.39 is 0 Å². The molecule has 1 aromatic carbocycles. The molecule has 3 nitrogen and oxygen atoms in total. The monoisotopic (exact) mass is 272 g/mol. The van der Waals surface area contributed by atoms with Gasteiger partial charge in [0.25, 0.3) is 6.01 Å². The Morgan fingerprint density at radius 2 is 1.85 bits per heavy atom. The van der Waals surface area contributed by atoms with Gasteiger partial charge in [-0.05, 0) is 24.1 Å². The number of hydrogen-bond acceptors (Lipinski definition) is 3. The van der Waals surface area contributed by atoms with E-state index >= 15 is 0 Å². The highest BCUT2D eigenvalue weighted by atomic mass is 16.4. The Morgan fingerprint density at radius 1 is 1.20 bits per heavy atom. The maximum atomic E-state index is 5.75. The zero-order valence-corrected chi connectivity index (χ0v) is 12.7. The predicted octanol–water partition coefficient (Wildman–Crippen LogP) is 4.59. The van der Waals surface area contributed by atoms with Crippen LogP contribution in [-0.4, -0.2) is 18.1 Å². The van der Waals surface area contributed by atoms with Crippen LogP contribution in [0.4, 0.5) is 6.01 Å². The lowest BCUT2D eigenvalue weighted by atomic mass is 10.1. The van der Waals surface area contributed by atoms with Gasteiger partial charge in [0.2, 0.25) is 0 Å². The first-order chi connectivity index (χ1) is 9.78. The third kappa shape index (κ3) is 3.73. The summed E-state index contributed by atoms with van der Waals surface area (Å²) in [6.45, 7) is 15.0. The predicted molar refractivity (Wildman–Crippen MR) is 87.3 cm³/mol. The van der Waals surface area contributed by atoms with Crippen molar-refractivity contribution in [2.75, 3.05) is 18.0 Å². The highest BCUT2D eigenvalue weighted by Gasteiger charge is 2.11. The molecule has 0 saturated heterocycles. The molecule has 0 bridgehead atoms. The first kappa shape index (κ1) is 16.0. The first-order valence-electron chi connectivity index (χ1n) is 7.14. The average molecular weight is 272 g/mol. The fourth-order valence-corrected chi connectivity index (χ4v) is 1.86. The van der Waals surface area contributed by atoms with Crippen molar-refractivity contribution in [3.63, 3.8) is 0 Å². The molecule has 0 radical (unpaired) electrons.